The van der Waals surface area contributed by atoms with E-state index >= 15 is 0 Å². The molecular formula is C25H28N4O2. The highest BCUT2D eigenvalue weighted by atomic mass is 16.2. The summed E-state index contributed by atoms with van der Waals surface area (Å²) in [6, 6.07) is 19.7. The molecule has 0 aliphatic carbocycles. The van der Waals surface area contributed by atoms with Crippen molar-refractivity contribution >= 4 is 17.5 Å². The van der Waals surface area contributed by atoms with Gasteiger partial charge >= 0.3 is 0 Å². The minimum absolute atomic E-state index is 0.0229. The molecule has 6 nitrogen and oxygen atoms in total. The molecule has 1 N–H and O–H groups in total. The highest BCUT2D eigenvalue weighted by Crippen LogP contribution is 2.29. The molecule has 1 fully saturated rings. The molecule has 0 spiro atoms. The molecule has 1 aliphatic rings. The van der Waals surface area contributed by atoms with E-state index in [1.165, 1.54) is 0 Å². The van der Waals surface area contributed by atoms with Crippen LogP contribution in [0.1, 0.15) is 41.9 Å². The van der Waals surface area contributed by atoms with E-state index in [4.69, 9.17) is 0 Å². The topological polar surface area (TPSA) is 67.2 Å². The first-order valence-electron chi connectivity index (χ1n) is 10.7. The van der Waals surface area contributed by atoms with Crippen molar-refractivity contribution in [2.24, 2.45) is 5.92 Å². The lowest BCUT2D eigenvalue weighted by Crippen LogP contribution is -2.30. The summed E-state index contributed by atoms with van der Waals surface area (Å²) in [7, 11) is 0. The number of rotatable bonds is 6. The molecule has 1 aromatic heterocycles. The number of nitrogens with one attached hydrogen (secondary N) is 1. The third-order valence-electron chi connectivity index (χ3n) is 5.91. The molecule has 160 valence electrons. The molecule has 2 unspecified atom stereocenters. The van der Waals surface area contributed by atoms with Crippen LogP contribution in [-0.2, 0) is 16.1 Å². The van der Waals surface area contributed by atoms with Crippen LogP contribution in [0.15, 0.2) is 60.7 Å². The summed E-state index contributed by atoms with van der Waals surface area (Å²) in [5, 5.41) is 7.51. The smallest absolute Gasteiger partial charge is 0.229 e. The van der Waals surface area contributed by atoms with E-state index < -0.39 is 0 Å². The highest BCUT2D eigenvalue weighted by molar-refractivity contribution is 5.97. The predicted octanol–water partition coefficient (Wildman–Crippen LogP) is 4.10. The van der Waals surface area contributed by atoms with Crippen LogP contribution in [-0.4, -0.2) is 33.0 Å². The van der Waals surface area contributed by atoms with Crippen molar-refractivity contribution in [3.8, 4) is 0 Å². The van der Waals surface area contributed by atoms with Crippen LogP contribution in [0, 0.1) is 19.8 Å². The number of likely N-dealkylation sites (tertiary alicyclic amines) is 1. The van der Waals surface area contributed by atoms with Gasteiger partial charge in [-0.15, -0.1) is 0 Å². The molecule has 1 aliphatic heterocycles. The lowest BCUT2D eigenvalue weighted by Gasteiger charge is -2.25. The zero-order chi connectivity index (χ0) is 22.0. The summed E-state index contributed by atoms with van der Waals surface area (Å²) in [5.41, 5.74) is 4.97. The van der Waals surface area contributed by atoms with Gasteiger partial charge in [0.05, 0.1) is 24.2 Å². The Bertz CT molecular complexity index is 1090. The molecule has 2 atom stereocenters. The van der Waals surface area contributed by atoms with Crippen molar-refractivity contribution in [1.82, 2.24) is 14.7 Å². The number of aryl methyl sites for hydroxylation is 2. The summed E-state index contributed by atoms with van der Waals surface area (Å²) in [6.07, 6.45) is 0.245. The second kappa shape index (κ2) is 8.76. The van der Waals surface area contributed by atoms with E-state index in [-0.39, 0.29) is 30.2 Å². The van der Waals surface area contributed by atoms with Crippen molar-refractivity contribution in [2.75, 3.05) is 11.9 Å². The molecule has 3 aromatic rings. The number of anilines is 1. The second-order valence-corrected chi connectivity index (χ2v) is 8.31. The minimum Gasteiger partial charge on any atom is -0.335 e. The van der Waals surface area contributed by atoms with Crippen molar-refractivity contribution in [1.29, 1.82) is 0 Å². The van der Waals surface area contributed by atoms with Crippen molar-refractivity contribution in [2.45, 2.75) is 39.8 Å². The Morgan fingerprint density at radius 2 is 1.90 bits per heavy atom. The molecule has 6 heteroatoms. The first kappa shape index (κ1) is 20.8. The summed E-state index contributed by atoms with van der Waals surface area (Å²) in [5.74, 6) is -0.438. The third kappa shape index (κ3) is 4.68. The van der Waals surface area contributed by atoms with Gasteiger partial charge < -0.3 is 10.2 Å². The number of amides is 2. The molecule has 4 rings (SSSR count). The fraction of sp³-hybridized carbons (Fsp3) is 0.320. The van der Waals surface area contributed by atoms with E-state index in [1.807, 2.05) is 86.1 Å². The maximum absolute atomic E-state index is 12.9. The van der Waals surface area contributed by atoms with E-state index in [2.05, 4.69) is 10.4 Å². The Hall–Kier alpha value is -3.41. The van der Waals surface area contributed by atoms with Gasteiger partial charge in [0, 0.05) is 24.3 Å². The molecule has 0 radical (unpaired) electrons. The molecule has 1 saturated heterocycles. The van der Waals surface area contributed by atoms with Gasteiger partial charge in [-0.05, 0) is 50.1 Å². The summed E-state index contributed by atoms with van der Waals surface area (Å²) in [6.45, 7) is 7.10. The zero-order valence-electron chi connectivity index (χ0n) is 18.2. The fourth-order valence-electron chi connectivity index (χ4n) is 4.19. The number of nitrogens with zero attached hydrogens (tertiary/aromatic N) is 3. The lowest BCUT2D eigenvalue weighted by atomic mass is 10.1. The standard InChI is InChI=1S/C25H28N4O2/c1-17-12-18(2)29(27-17)15-20-8-7-11-23(13-20)26-25(31)22-14-24(30)28(16-22)19(3)21-9-5-4-6-10-21/h4-13,19,22H,14-16H2,1-3H3,(H,26,31). The maximum atomic E-state index is 12.9. The average Bonchev–Trinajstić information content (AvgIpc) is 3.29. The second-order valence-electron chi connectivity index (χ2n) is 8.31. The molecular weight excluding hydrogens is 388 g/mol. The van der Waals surface area contributed by atoms with Crippen LogP contribution in [0.25, 0.3) is 0 Å². The number of hydrogen-bond donors (Lipinski definition) is 1. The summed E-state index contributed by atoms with van der Waals surface area (Å²) >= 11 is 0. The average molecular weight is 417 g/mol. The summed E-state index contributed by atoms with van der Waals surface area (Å²) in [4.78, 5) is 27.3. The maximum Gasteiger partial charge on any atom is 0.229 e. The largest absolute Gasteiger partial charge is 0.335 e. The van der Waals surface area contributed by atoms with Gasteiger partial charge in [0.25, 0.3) is 0 Å². The van der Waals surface area contributed by atoms with E-state index in [9.17, 15) is 9.59 Å². The zero-order valence-corrected chi connectivity index (χ0v) is 18.2. The SMILES string of the molecule is Cc1cc(C)n(Cc2cccc(NC(=O)C3CC(=O)N(C(C)c4ccccc4)C3)c2)n1. The van der Waals surface area contributed by atoms with Crippen LogP contribution in [0.3, 0.4) is 0 Å². The Morgan fingerprint density at radius 1 is 1.13 bits per heavy atom. The summed E-state index contributed by atoms with van der Waals surface area (Å²) < 4.78 is 1.95. The number of aromatic nitrogens is 2. The number of carbonyl (C=O) groups excluding carboxylic acids is 2. The van der Waals surface area contributed by atoms with Gasteiger partial charge in [0.2, 0.25) is 11.8 Å². The fourth-order valence-corrected chi connectivity index (χ4v) is 4.19. The normalized spacial score (nSPS) is 17.1. The van der Waals surface area contributed by atoms with Gasteiger partial charge in [-0.2, -0.15) is 5.10 Å². The van der Waals surface area contributed by atoms with Crippen molar-refractivity contribution in [3.05, 3.63) is 83.2 Å². The van der Waals surface area contributed by atoms with Gasteiger partial charge in [-0.25, -0.2) is 0 Å². The molecule has 2 amide bonds. The number of benzene rings is 2. The lowest BCUT2D eigenvalue weighted by molar-refractivity contribution is -0.129. The Kier molecular flexibility index (Phi) is 5.89. The third-order valence-corrected chi connectivity index (χ3v) is 5.91. The van der Waals surface area contributed by atoms with Crippen LogP contribution in [0.4, 0.5) is 5.69 Å². The first-order chi connectivity index (χ1) is 14.9. The van der Waals surface area contributed by atoms with E-state index in [0.717, 1.165) is 28.2 Å². The highest BCUT2D eigenvalue weighted by Gasteiger charge is 2.37. The van der Waals surface area contributed by atoms with Crippen LogP contribution < -0.4 is 5.32 Å². The van der Waals surface area contributed by atoms with Gasteiger partial charge in [0.1, 0.15) is 0 Å². The molecule has 2 aromatic carbocycles. The van der Waals surface area contributed by atoms with Gasteiger partial charge in [-0.1, -0.05) is 42.5 Å². The van der Waals surface area contributed by atoms with E-state index in [1.54, 1.807) is 4.90 Å². The number of hydrogen-bond acceptors (Lipinski definition) is 3. The number of carbonyl (C=O) groups is 2. The van der Waals surface area contributed by atoms with Crippen molar-refractivity contribution in [3.63, 3.8) is 0 Å². The molecule has 0 bridgehead atoms. The van der Waals surface area contributed by atoms with Crippen LogP contribution in [0.5, 0.6) is 0 Å². The Morgan fingerprint density at radius 3 is 2.61 bits per heavy atom. The minimum atomic E-state index is -0.349. The molecule has 0 saturated carbocycles. The molecule has 2 heterocycles. The van der Waals surface area contributed by atoms with Crippen LogP contribution >= 0.6 is 0 Å². The molecule has 31 heavy (non-hydrogen) atoms. The monoisotopic (exact) mass is 416 g/mol. The quantitative estimate of drug-likeness (QED) is 0.658. The predicted molar refractivity (Wildman–Crippen MR) is 121 cm³/mol. The van der Waals surface area contributed by atoms with Crippen molar-refractivity contribution < 1.29 is 9.59 Å². The Balaban J connectivity index is 1.40. The van der Waals surface area contributed by atoms with Gasteiger partial charge in [0.15, 0.2) is 0 Å². The van der Waals surface area contributed by atoms with E-state index in [0.29, 0.717) is 13.1 Å². The van der Waals surface area contributed by atoms with Crippen LogP contribution in [0.2, 0.25) is 0 Å². The Labute approximate surface area is 182 Å². The van der Waals surface area contributed by atoms with Gasteiger partial charge in [-0.3, -0.25) is 14.3 Å². The first-order valence-corrected chi connectivity index (χ1v) is 10.7.